The van der Waals surface area contributed by atoms with E-state index in [0.29, 0.717) is 18.9 Å². The SMILES string of the molecule is CNc1ncnc(N2CCC(CO)CC2)c1[N+](=O)[O-]. The number of hydrogen-bond acceptors (Lipinski definition) is 7. The summed E-state index contributed by atoms with van der Waals surface area (Å²) in [7, 11) is 1.59. The molecule has 0 amide bonds. The van der Waals surface area contributed by atoms with Gasteiger partial charge in [0, 0.05) is 26.7 Å². The molecule has 2 heterocycles. The first kappa shape index (κ1) is 13.5. The minimum Gasteiger partial charge on any atom is -0.396 e. The molecule has 0 spiro atoms. The van der Waals surface area contributed by atoms with E-state index in [9.17, 15) is 10.1 Å². The van der Waals surface area contributed by atoms with Crippen LogP contribution < -0.4 is 10.2 Å². The van der Waals surface area contributed by atoms with E-state index in [1.54, 1.807) is 7.05 Å². The minimum atomic E-state index is -0.459. The first-order chi connectivity index (χ1) is 9.17. The van der Waals surface area contributed by atoms with Crippen LogP contribution in [0.3, 0.4) is 0 Å². The van der Waals surface area contributed by atoms with Crippen LogP contribution in [0.4, 0.5) is 17.3 Å². The van der Waals surface area contributed by atoms with E-state index in [1.807, 2.05) is 4.90 Å². The second kappa shape index (κ2) is 5.79. The minimum absolute atomic E-state index is 0.0903. The molecule has 1 saturated heterocycles. The van der Waals surface area contributed by atoms with E-state index in [2.05, 4.69) is 15.3 Å². The Labute approximate surface area is 110 Å². The zero-order valence-electron chi connectivity index (χ0n) is 10.7. The molecule has 0 saturated carbocycles. The van der Waals surface area contributed by atoms with Gasteiger partial charge in [0.05, 0.1) is 4.92 Å². The molecule has 2 N–H and O–H groups in total. The molecular formula is C11H17N5O3. The Balaban J connectivity index is 2.27. The normalized spacial score (nSPS) is 16.4. The maximum atomic E-state index is 11.2. The maximum absolute atomic E-state index is 11.2. The fourth-order valence-electron chi connectivity index (χ4n) is 2.28. The Kier molecular flexibility index (Phi) is 4.10. The van der Waals surface area contributed by atoms with Crippen LogP contribution in [0, 0.1) is 16.0 Å². The topological polar surface area (TPSA) is 104 Å². The van der Waals surface area contributed by atoms with Gasteiger partial charge in [0.1, 0.15) is 6.33 Å². The van der Waals surface area contributed by atoms with E-state index < -0.39 is 4.92 Å². The molecule has 1 aromatic rings. The van der Waals surface area contributed by atoms with Crippen LogP contribution in [0.5, 0.6) is 0 Å². The number of anilines is 2. The fourth-order valence-corrected chi connectivity index (χ4v) is 2.28. The number of aliphatic hydroxyl groups excluding tert-OH is 1. The molecule has 8 nitrogen and oxygen atoms in total. The third-order valence-electron chi connectivity index (χ3n) is 3.39. The van der Waals surface area contributed by atoms with Gasteiger partial charge in [-0.25, -0.2) is 9.97 Å². The van der Waals surface area contributed by atoms with Crippen molar-refractivity contribution in [3.63, 3.8) is 0 Å². The average molecular weight is 267 g/mol. The molecule has 8 heteroatoms. The van der Waals surface area contributed by atoms with Gasteiger partial charge in [0.2, 0.25) is 11.6 Å². The fraction of sp³-hybridized carbons (Fsp3) is 0.636. The van der Waals surface area contributed by atoms with Gasteiger partial charge in [0.25, 0.3) is 0 Å². The third kappa shape index (κ3) is 2.73. The van der Waals surface area contributed by atoms with E-state index >= 15 is 0 Å². The quantitative estimate of drug-likeness (QED) is 0.609. The van der Waals surface area contributed by atoms with Crippen molar-refractivity contribution in [2.45, 2.75) is 12.8 Å². The maximum Gasteiger partial charge on any atom is 0.353 e. The van der Waals surface area contributed by atoms with Gasteiger partial charge in [-0.1, -0.05) is 0 Å². The van der Waals surface area contributed by atoms with Gasteiger partial charge in [-0.05, 0) is 18.8 Å². The molecular weight excluding hydrogens is 250 g/mol. The van der Waals surface area contributed by atoms with Gasteiger partial charge in [0.15, 0.2) is 0 Å². The summed E-state index contributed by atoms with van der Waals surface area (Å²) in [6, 6.07) is 0. The number of piperidine rings is 1. The molecule has 0 aliphatic carbocycles. The lowest BCUT2D eigenvalue weighted by Gasteiger charge is -2.31. The highest BCUT2D eigenvalue weighted by atomic mass is 16.6. The number of hydrogen-bond donors (Lipinski definition) is 2. The number of nitrogens with one attached hydrogen (secondary N) is 1. The summed E-state index contributed by atoms with van der Waals surface area (Å²) < 4.78 is 0. The van der Waals surface area contributed by atoms with Crippen molar-refractivity contribution in [2.75, 3.05) is 37.0 Å². The molecule has 1 aliphatic rings. The van der Waals surface area contributed by atoms with Crippen molar-refractivity contribution < 1.29 is 10.0 Å². The summed E-state index contributed by atoms with van der Waals surface area (Å²) in [6.45, 7) is 1.49. The Hall–Kier alpha value is -1.96. The van der Waals surface area contributed by atoms with Crippen LogP contribution in [-0.4, -0.2) is 46.7 Å². The highest BCUT2D eigenvalue weighted by Gasteiger charge is 2.29. The zero-order valence-corrected chi connectivity index (χ0v) is 10.7. The molecule has 1 aromatic heterocycles. The molecule has 104 valence electrons. The molecule has 0 radical (unpaired) electrons. The van der Waals surface area contributed by atoms with Crippen LogP contribution in [0.25, 0.3) is 0 Å². The zero-order chi connectivity index (χ0) is 13.8. The van der Waals surface area contributed by atoms with Crippen molar-refractivity contribution in [2.24, 2.45) is 5.92 Å². The molecule has 2 rings (SSSR count). The number of rotatable bonds is 4. The van der Waals surface area contributed by atoms with E-state index in [4.69, 9.17) is 5.11 Å². The molecule has 19 heavy (non-hydrogen) atoms. The molecule has 1 fully saturated rings. The first-order valence-corrected chi connectivity index (χ1v) is 6.20. The highest BCUT2D eigenvalue weighted by Crippen LogP contribution is 2.33. The second-order valence-electron chi connectivity index (χ2n) is 4.51. The second-order valence-corrected chi connectivity index (χ2v) is 4.51. The van der Waals surface area contributed by atoms with Crippen LogP contribution in [0.15, 0.2) is 6.33 Å². The van der Waals surface area contributed by atoms with Gasteiger partial charge in [-0.2, -0.15) is 0 Å². The lowest BCUT2D eigenvalue weighted by atomic mass is 9.98. The van der Waals surface area contributed by atoms with Gasteiger partial charge in [-0.3, -0.25) is 10.1 Å². The predicted molar refractivity (Wildman–Crippen MR) is 70.3 cm³/mol. The van der Waals surface area contributed by atoms with Gasteiger partial charge < -0.3 is 15.3 Å². The number of nitrogens with zero attached hydrogens (tertiary/aromatic N) is 4. The van der Waals surface area contributed by atoms with Gasteiger partial charge in [-0.15, -0.1) is 0 Å². The Morgan fingerprint density at radius 3 is 2.74 bits per heavy atom. The van der Waals surface area contributed by atoms with Crippen molar-refractivity contribution >= 4 is 17.3 Å². The highest BCUT2D eigenvalue weighted by molar-refractivity contribution is 5.70. The summed E-state index contributed by atoms with van der Waals surface area (Å²) in [4.78, 5) is 20.5. The van der Waals surface area contributed by atoms with Crippen LogP contribution in [0.1, 0.15) is 12.8 Å². The summed E-state index contributed by atoms with van der Waals surface area (Å²) >= 11 is 0. The van der Waals surface area contributed by atoms with E-state index in [0.717, 1.165) is 12.8 Å². The smallest absolute Gasteiger partial charge is 0.353 e. The molecule has 0 aromatic carbocycles. The van der Waals surface area contributed by atoms with Crippen LogP contribution in [0.2, 0.25) is 0 Å². The van der Waals surface area contributed by atoms with Gasteiger partial charge >= 0.3 is 5.69 Å². The number of aliphatic hydroxyl groups is 1. The third-order valence-corrected chi connectivity index (χ3v) is 3.39. The van der Waals surface area contributed by atoms with Crippen LogP contribution in [-0.2, 0) is 0 Å². The lowest BCUT2D eigenvalue weighted by Crippen LogP contribution is -2.35. The standard InChI is InChI=1S/C11H17N5O3/c1-12-10-9(16(18)19)11(14-7-13-10)15-4-2-8(6-17)3-5-15/h7-8,17H,2-6H2,1H3,(H,12,13,14). The Bertz CT molecular complexity index is 460. The van der Waals surface area contributed by atoms with Crippen molar-refractivity contribution in [1.82, 2.24) is 9.97 Å². The molecule has 0 bridgehead atoms. The first-order valence-electron chi connectivity index (χ1n) is 6.20. The predicted octanol–water partition coefficient (Wildman–Crippen LogP) is 0.635. The molecule has 0 unspecified atom stereocenters. The summed E-state index contributed by atoms with van der Waals surface area (Å²) in [6.07, 6.45) is 2.95. The van der Waals surface area contributed by atoms with Crippen molar-refractivity contribution in [3.05, 3.63) is 16.4 Å². The van der Waals surface area contributed by atoms with Crippen molar-refractivity contribution in [1.29, 1.82) is 0 Å². The largest absolute Gasteiger partial charge is 0.396 e. The van der Waals surface area contributed by atoms with Crippen LogP contribution >= 0.6 is 0 Å². The van der Waals surface area contributed by atoms with E-state index in [-0.39, 0.29) is 24.0 Å². The number of nitro groups is 1. The summed E-state index contributed by atoms with van der Waals surface area (Å²) in [5, 5.41) is 23.0. The summed E-state index contributed by atoms with van der Waals surface area (Å²) in [5.74, 6) is 0.848. The summed E-state index contributed by atoms with van der Waals surface area (Å²) in [5.41, 5.74) is -0.0903. The molecule has 1 aliphatic heterocycles. The van der Waals surface area contributed by atoms with E-state index in [1.165, 1.54) is 6.33 Å². The number of aromatic nitrogens is 2. The lowest BCUT2D eigenvalue weighted by molar-refractivity contribution is -0.383. The average Bonchev–Trinajstić information content (AvgIpc) is 2.46. The molecule has 0 atom stereocenters. The monoisotopic (exact) mass is 267 g/mol. The Morgan fingerprint density at radius 1 is 1.53 bits per heavy atom. The van der Waals surface area contributed by atoms with Crippen molar-refractivity contribution in [3.8, 4) is 0 Å². The Morgan fingerprint density at radius 2 is 2.21 bits per heavy atom.